The number of ether oxygens (including phenoxy) is 1. The normalized spacial score (nSPS) is 19.8. The molecule has 4 nitrogen and oxygen atoms in total. The number of likely N-dealkylation sites (tertiary alicyclic amines) is 1. The third kappa shape index (κ3) is 4.37. The van der Waals surface area contributed by atoms with Crippen LogP contribution in [0.4, 0.5) is 9.18 Å². The molecular weight excluding hydrogens is 387 g/mol. The fraction of sp³-hybridized carbons (Fsp3) is 0.562. The van der Waals surface area contributed by atoms with Crippen molar-refractivity contribution in [3.63, 3.8) is 0 Å². The Bertz CT molecular complexity index is 606. The van der Waals surface area contributed by atoms with Gasteiger partial charge < -0.3 is 15.4 Å². The number of rotatable bonds is 2. The summed E-state index contributed by atoms with van der Waals surface area (Å²) in [5.74, 6) is -0.543. The zero-order chi connectivity index (χ0) is 17.4. The number of amides is 1. The quantitative estimate of drug-likeness (QED) is 0.734. The van der Waals surface area contributed by atoms with Crippen molar-refractivity contribution in [2.24, 2.45) is 11.7 Å². The predicted molar refractivity (Wildman–Crippen MR) is 92.0 cm³/mol. The molecule has 1 aliphatic rings. The molecule has 1 amide bonds. The molecule has 2 N–H and O–H groups in total. The molecule has 0 aromatic heterocycles. The van der Waals surface area contributed by atoms with Crippen LogP contribution in [-0.2, 0) is 4.74 Å². The molecule has 1 aromatic rings. The Balaban J connectivity index is 2.07. The number of hydrogen-bond acceptors (Lipinski definition) is 3. The van der Waals surface area contributed by atoms with Crippen LogP contribution >= 0.6 is 27.5 Å². The second-order valence-corrected chi connectivity index (χ2v) is 8.00. The minimum atomic E-state index is -0.539. The minimum absolute atomic E-state index is 0.0277. The van der Waals surface area contributed by atoms with E-state index in [-0.39, 0.29) is 17.0 Å². The van der Waals surface area contributed by atoms with E-state index in [1.54, 1.807) is 17.0 Å². The minimum Gasteiger partial charge on any atom is -0.444 e. The molecule has 2 atom stereocenters. The fourth-order valence-electron chi connectivity index (χ4n) is 2.62. The van der Waals surface area contributed by atoms with Crippen LogP contribution in [0.15, 0.2) is 16.6 Å². The smallest absolute Gasteiger partial charge is 0.410 e. The lowest BCUT2D eigenvalue weighted by atomic mass is 9.93. The molecule has 1 fully saturated rings. The first-order chi connectivity index (χ1) is 10.6. The van der Waals surface area contributed by atoms with Gasteiger partial charge in [0.1, 0.15) is 11.4 Å². The van der Waals surface area contributed by atoms with E-state index < -0.39 is 17.5 Å². The predicted octanol–water partition coefficient (Wildman–Crippen LogP) is 4.50. The zero-order valence-electron chi connectivity index (χ0n) is 13.4. The Morgan fingerprint density at radius 1 is 1.52 bits per heavy atom. The summed E-state index contributed by atoms with van der Waals surface area (Å²) in [5, 5.41) is 0.0277. The molecule has 2 rings (SSSR count). The van der Waals surface area contributed by atoms with Gasteiger partial charge in [0, 0.05) is 29.2 Å². The number of carbonyl (C=O) groups is 1. The van der Waals surface area contributed by atoms with Crippen molar-refractivity contribution < 1.29 is 13.9 Å². The van der Waals surface area contributed by atoms with Gasteiger partial charge in [-0.15, -0.1) is 0 Å². The maximum Gasteiger partial charge on any atom is 0.410 e. The summed E-state index contributed by atoms with van der Waals surface area (Å²) in [5.41, 5.74) is 6.05. The topological polar surface area (TPSA) is 55.6 Å². The van der Waals surface area contributed by atoms with Gasteiger partial charge in [0.15, 0.2) is 0 Å². The van der Waals surface area contributed by atoms with Crippen molar-refractivity contribution in [3.05, 3.63) is 33.0 Å². The Morgan fingerprint density at radius 3 is 2.78 bits per heavy atom. The molecule has 1 aromatic carbocycles. The van der Waals surface area contributed by atoms with E-state index in [2.05, 4.69) is 15.9 Å². The molecule has 23 heavy (non-hydrogen) atoms. The Hall–Kier alpha value is -0.850. The number of nitrogens with two attached hydrogens (primary N) is 1. The van der Waals surface area contributed by atoms with E-state index in [1.807, 2.05) is 20.8 Å². The van der Waals surface area contributed by atoms with Crippen LogP contribution < -0.4 is 5.73 Å². The van der Waals surface area contributed by atoms with Crippen LogP contribution in [0.2, 0.25) is 5.02 Å². The van der Waals surface area contributed by atoms with Crippen LogP contribution in [0.5, 0.6) is 0 Å². The lowest BCUT2D eigenvalue weighted by molar-refractivity contribution is 0.0286. The molecule has 7 heteroatoms. The van der Waals surface area contributed by atoms with Gasteiger partial charge in [-0.1, -0.05) is 17.7 Å². The van der Waals surface area contributed by atoms with Gasteiger partial charge in [0.2, 0.25) is 0 Å². The summed E-state index contributed by atoms with van der Waals surface area (Å²) in [6, 6.07) is 2.79. The summed E-state index contributed by atoms with van der Waals surface area (Å²) in [6.07, 6.45) is 0.342. The van der Waals surface area contributed by atoms with Crippen molar-refractivity contribution in [1.82, 2.24) is 4.90 Å². The molecule has 0 aliphatic carbocycles. The van der Waals surface area contributed by atoms with E-state index in [0.717, 1.165) is 0 Å². The average Bonchev–Trinajstić information content (AvgIpc) is 2.92. The Morgan fingerprint density at radius 2 is 2.17 bits per heavy atom. The molecule has 0 saturated carbocycles. The fourth-order valence-corrected chi connectivity index (χ4v) is 3.10. The van der Waals surface area contributed by atoms with Crippen LogP contribution in [-0.4, -0.2) is 29.7 Å². The van der Waals surface area contributed by atoms with Crippen molar-refractivity contribution in [2.75, 3.05) is 13.1 Å². The first kappa shape index (κ1) is 18.5. The monoisotopic (exact) mass is 406 g/mol. The highest BCUT2D eigenvalue weighted by Crippen LogP contribution is 2.35. The lowest BCUT2D eigenvalue weighted by Gasteiger charge is -2.25. The van der Waals surface area contributed by atoms with E-state index in [0.29, 0.717) is 29.5 Å². The van der Waals surface area contributed by atoms with E-state index in [1.165, 1.54) is 0 Å². The summed E-state index contributed by atoms with van der Waals surface area (Å²) in [6.45, 7) is 6.47. The van der Waals surface area contributed by atoms with E-state index >= 15 is 0 Å². The standard InChI is InChI=1S/C16H21BrClFN2O2/c1-16(2,3)23-15(22)21-7-6-9(8-21)14(20)10-4-5-11(17)12(18)13(10)19/h4-5,9,14H,6-8,20H2,1-3H3. The van der Waals surface area contributed by atoms with Crippen molar-refractivity contribution in [3.8, 4) is 0 Å². The highest BCUT2D eigenvalue weighted by Gasteiger charge is 2.34. The molecule has 0 radical (unpaired) electrons. The van der Waals surface area contributed by atoms with Gasteiger partial charge in [-0.05, 0) is 55.1 Å². The van der Waals surface area contributed by atoms with Gasteiger partial charge in [-0.2, -0.15) is 0 Å². The highest BCUT2D eigenvalue weighted by atomic mass is 79.9. The zero-order valence-corrected chi connectivity index (χ0v) is 15.7. The van der Waals surface area contributed by atoms with Crippen LogP contribution in [0, 0.1) is 11.7 Å². The second kappa shape index (κ2) is 6.95. The average molecular weight is 408 g/mol. The number of hydrogen-bond donors (Lipinski definition) is 1. The largest absolute Gasteiger partial charge is 0.444 e. The number of halogens is 3. The van der Waals surface area contributed by atoms with Gasteiger partial charge >= 0.3 is 6.09 Å². The number of benzene rings is 1. The maximum absolute atomic E-state index is 14.3. The summed E-state index contributed by atoms with van der Waals surface area (Å²) < 4.78 is 20.2. The summed E-state index contributed by atoms with van der Waals surface area (Å²) >= 11 is 9.11. The van der Waals surface area contributed by atoms with Gasteiger partial charge in [-0.25, -0.2) is 9.18 Å². The molecule has 0 spiro atoms. The molecule has 128 valence electrons. The molecule has 2 unspecified atom stereocenters. The first-order valence-electron chi connectivity index (χ1n) is 7.47. The maximum atomic E-state index is 14.3. The van der Waals surface area contributed by atoms with Gasteiger partial charge in [0.25, 0.3) is 0 Å². The number of nitrogens with zero attached hydrogens (tertiary/aromatic N) is 1. The van der Waals surface area contributed by atoms with Gasteiger partial charge in [-0.3, -0.25) is 0 Å². The molecule has 0 bridgehead atoms. The highest BCUT2D eigenvalue weighted by molar-refractivity contribution is 9.10. The Kier molecular flexibility index (Phi) is 5.59. The van der Waals surface area contributed by atoms with Crippen molar-refractivity contribution in [2.45, 2.75) is 38.8 Å². The second-order valence-electron chi connectivity index (χ2n) is 6.77. The van der Waals surface area contributed by atoms with Crippen LogP contribution in [0.25, 0.3) is 0 Å². The first-order valence-corrected chi connectivity index (χ1v) is 8.64. The van der Waals surface area contributed by atoms with Gasteiger partial charge in [0.05, 0.1) is 5.02 Å². The van der Waals surface area contributed by atoms with Crippen LogP contribution in [0.3, 0.4) is 0 Å². The SMILES string of the molecule is CC(C)(C)OC(=O)N1CCC(C(N)c2ccc(Br)c(Cl)c2F)C1. The lowest BCUT2D eigenvalue weighted by Crippen LogP contribution is -2.36. The van der Waals surface area contributed by atoms with E-state index in [4.69, 9.17) is 22.1 Å². The van der Waals surface area contributed by atoms with E-state index in [9.17, 15) is 9.18 Å². The van der Waals surface area contributed by atoms with Crippen molar-refractivity contribution in [1.29, 1.82) is 0 Å². The third-order valence-electron chi connectivity index (χ3n) is 3.81. The number of carbonyl (C=O) groups excluding carboxylic acids is 1. The molecule has 1 aliphatic heterocycles. The molecule has 1 heterocycles. The molecular formula is C16H21BrClFN2O2. The summed E-state index contributed by atoms with van der Waals surface area (Å²) in [7, 11) is 0. The Labute approximate surface area is 149 Å². The third-order valence-corrected chi connectivity index (χ3v) is 5.07. The van der Waals surface area contributed by atoms with Crippen LogP contribution in [0.1, 0.15) is 38.8 Å². The van der Waals surface area contributed by atoms with Crippen molar-refractivity contribution >= 4 is 33.6 Å². The summed E-state index contributed by atoms with van der Waals surface area (Å²) in [4.78, 5) is 13.7. The molecule has 1 saturated heterocycles.